The van der Waals surface area contributed by atoms with Gasteiger partial charge in [-0.3, -0.25) is 9.78 Å². The number of halogens is 1. The van der Waals surface area contributed by atoms with Crippen molar-refractivity contribution < 1.29 is 4.79 Å². The lowest BCUT2D eigenvalue weighted by molar-refractivity contribution is 0.102. The Hall–Kier alpha value is -3.31. The Morgan fingerprint density at radius 1 is 1.00 bits per heavy atom. The summed E-state index contributed by atoms with van der Waals surface area (Å²) in [4.78, 5) is 25.8. The number of pyridine rings is 3. The molecule has 0 aliphatic rings. The largest absolute Gasteiger partial charge is 0.307 e. The summed E-state index contributed by atoms with van der Waals surface area (Å²) in [7, 11) is 0. The Kier molecular flexibility index (Phi) is 4.29. The van der Waals surface area contributed by atoms with Crippen molar-refractivity contribution in [3.63, 3.8) is 0 Å². The Morgan fingerprint density at radius 2 is 1.88 bits per heavy atom. The number of nitrogens with zero attached hydrogens (tertiary/aromatic N) is 3. The molecule has 3 heterocycles. The maximum absolute atomic E-state index is 12.9. The van der Waals surface area contributed by atoms with Gasteiger partial charge in [0, 0.05) is 29.5 Å². The lowest BCUT2D eigenvalue weighted by Crippen LogP contribution is -2.14. The van der Waals surface area contributed by atoms with E-state index in [4.69, 9.17) is 11.6 Å². The molecule has 26 heavy (non-hydrogen) atoms. The Bertz CT molecular complexity index is 1080. The molecule has 0 saturated carbocycles. The number of hydrogen-bond acceptors (Lipinski definition) is 4. The smallest absolute Gasteiger partial charge is 0.257 e. The molecule has 3 aromatic heterocycles. The van der Waals surface area contributed by atoms with E-state index in [-0.39, 0.29) is 5.91 Å². The third kappa shape index (κ3) is 3.25. The van der Waals surface area contributed by atoms with Gasteiger partial charge in [-0.1, -0.05) is 29.8 Å². The summed E-state index contributed by atoms with van der Waals surface area (Å²) in [6.45, 7) is 0. The van der Waals surface area contributed by atoms with E-state index >= 15 is 0 Å². The molecule has 0 saturated heterocycles. The Morgan fingerprint density at radius 3 is 2.65 bits per heavy atom. The van der Waals surface area contributed by atoms with Crippen LogP contribution in [0.4, 0.5) is 5.82 Å². The van der Waals surface area contributed by atoms with Gasteiger partial charge in [-0.15, -0.1) is 0 Å². The number of aromatic nitrogens is 3. The van der Waals surface area contributed by atoms with E-state index in [1.807, 2.05) is 36.4 Å². The molecule has 0 aliphatic heterocycles. The summed E-state index contributed by atoms with van der Waals surface area (Å²) < 4.78 is 0. The van der Waals surface area contributed by atoms with Gasteiger partial charge >= 0.3 is 0 Å². The number of fused-ring (bicyclic) bond motifs is 1. The second-order valence-corrected chi connectivity index (χ2v) is 6.07. The first-order valence-electron chi connectivity index (χ1n) is 7.94. The molecule has 1 N–H and O–H groups in total. The first-order chi connectivity index (χ1) is 12.7. The maximum Gasteiger partial charge on any atom is 0.257 e. The van der Waals surface area contributed by atoms with Gasteiger partial charge in [-0.05, 0) is 36.4 Å². The van der Waals surface area contributed by atoms with E-state index in [2.05, 4.69) is 20.3 Å². The molecule has 0 aliphatic carbocycles. The van der Waals surface area contributed by atoms with Crippen molar-refractivity contribution in [1.82, 2.24) is 15.0 Å². The fourth-order valence-corrected chi connectivity index (χ4v) is 2.77. The minimum absolute atomic E-state index is 0.261. The number of anilines is 1. The van der Waals surface area contributed by atoms with Crippen molar-refractivity contribution in [2.45, 2.75) is 0 Å². The van der Waals surface area contributed by atoms with Crippen molar-refractivity contribution in [3.8, 4) is 11.3 Å². The molecule has 5 nitrogen and oxygen atoms in total. The number of benzene rings is 1. The zero-order valence-corrected chi connectivity index (χ0v) is 14.3. The average Bonchev–Trinajstić information content (AvgIpc) is 2.69. The number of rotatable bonds is 3. The van der Waals surface area contributed by atoms with Crippen LogP contribution in [0.1, 0.15) is 10.4 Å². The average molecular weight is 361 g/mol. The summed E-state index contributed by atoms with van der Waals surface area (Å²) in [6, 6.07) is 16.4. The molecule has 0 atom stereocenters. The van der Waals surface area contributed by atoms with Crippen molar-refractivity contribution in [3.05, 3.63) is 83.8 Å². The number of carbonyl (C=O) groups excluding carboxylic acids is 1. The Labute approximate surface area is 154 Å². The lowest BCUT2D eigenvalue weighted by atomic mass is 10.0. The van der Waals surface area contributed by atoms with Crippen LogP contribution in [0.2, 0.25) is 5.02 Å². The summed E-state index contributed by atoms with van der Waals surface area (Å²) in [5, 5.41) is 4.08. The standard InChI is InChI=1S/C20H13ClN4O/c21-14-7-8-19(23-12-14)25-20(26)16-10-18(13-4-3-9-22-11-13)24-17-6-2-1-5-15(16)17/h1-12H,(H,23,25,26). The highest BCUT2D eigenvalue weighted by atomic mass is 35.5. The Balaban J connectivity index is 1.79. The summed E-state index contributed by atoms with van der Waals surface area (Å²) in [5.74, 6) is 0.173. The topological polar surface area (TPSA) is 67.8 Å². The van der Waals surface area contributed by atoms with Crippen LogP contribution < -0.4 is 5.32 Å². The molecule has 1 amide bonds. The molecule has 4 rings (SSSR count). The van der Waals surface area contributed by atoms with E-state index in [1.54, 1.807) is 30.6 Å². The molecule has 126 valence electrons. The molecular weight excluding hydrogens is 348 g/mol. The number of nitrogens with one attached hydrogen (secondary N) is 1. The molecule has 0 bridgehead atoms. The highest BCUT2D eigenvalue weighted by Gasteiger charge is 2.14. The van der Waals surface area contributed by atoms with Gasteiger partial charge in [-0.25, -0.2) is 9.97 Å². The monoisotopic (exact) mass is 360 g/mol. The zero-order valence-electron chi connectivity index (χ0n) is 13.6. The van der Waals surface area contributed by atoms with Gasteiger partial charge in [0.2, 0.25) is 0 Å². The second-order valence-electron chi connectivity index (χ2n) is 5.63. The third-order valence-corrected chi connectivity index (χ3v) is 4.11. The van der Waals surface area contributed by atoms with E-state index < -0.39 is 0 Å². The summed E-state index contributed by atoms with van der Waals surface area (Å²) in [6.07, 6.45) is 4.91. The fraction of sp³-hybridized carbons (Fsp3) is 0. The van der Waals surface area contributed by atoms with Crippen LogP contribution in [0, 0.1) is 0 Å². The van der Waals surface area contributed by atoms with Gasteiger partial charge in [-0.2, -0.15) is 0 Å². The molecule has 0 spiro atoms. The van der Waals surface area contributed by atoms with Gasteiger partial charge in [0.05, 0.1) is 21.8 Å². The van der Waals surface area contributed by atoms with Crippen LogP contribution in [-0.2, 0) is 0 Å². The molecule has 4 aromatic rings. The first kappa shape index (κ1) is 16.2. The molecule has 0 radical (unpaired) electrons. The number of para-hydroxylation sites is 1. The van der Waals surface area contributed by atoms with Crippen molar-refractivity contribution >= 4 is 34.2 Å². The van der Waals surface area contributed by atoms with E-state index in [0.29, 0.717) is 22.1 Å². The molecule has 0 unspecified atom stereocenters. The molecule has 6 heteroatoms. The molecular formula is C20H13ClN4O. The second kappa shape index (κ2) is 6.90. The SMILES string of the molecule is O=C(Nc1ccc(Cl)cn1)c1cc(-c2cccnc2)nc2ccccc12. The molecule has 0 fully saturated rings. The number of carbonyl (C=O) groups is 1. The zero-order chi connectivity index (χ0) is 17.9. The van der Waals surface area contributed by atoms with Crippen LogP contribution >= 0.6 is 11.6 Å². The lowest BCUT2D eigenvalue weighted by Gasteiger charge is -2.10. The minimum atomic E-state index is -0.261. The van der Waals surface area contributed by atoms with E-state index in [1.165, 1.54) is 6.20 Å². The van der Waals surface area contributed by atoms with Crippen LogP contribution in [-0.4, -0.2) is 20.9 Å². The van der Waals surface area contributed by atoms with Crippen molar-refractivity contribution in [2.24, 2.45) is 0 Å². The summed E-state index contributed by atoms with van der Waals surface area (Å²) in [5.41, 5.74) is 2.79. The predicted molar refractivity (Wildman–Crippen MR) is 102 cm³/mol. The van der Waals surface area contributed by atoms with Crippen molar-refractivity contribution in [1.29, 1.82) is 0 Å². The van der Waals surface area contributed by atoms with Gasteiger partial charge in [0.25, 0.3) is 5.91 Å². The maximum atomic E-state index is 12.9. The van der Waals surface area contributed by atoms with E-state index in [0.717, 1.165) is 16.5 Å². The number of amides is 1. The van der Waals surface area contributed by atoms with Crippen molar-refractivity contribution in [2.75, 3.05) is 5.32 Å². The van der Waals surface area contributed by atoms with Crippen LogP contribution in [0.3, 0.4) is 0 Å². The van der Waals surface area contributed by atoms with Gasteiger partial charge < -0.3 is 5.32 Å². The van der Waals surface area contributed by atoms with Crippen LogP contribution in [0.15, 0.2) is 73.2 Å². The molecule has 1 aromatic carbocycles. The fourth-order valence-electron chi connectivity index (χ4n) is 2.66. The highest BCUT2D eigenvalue weighted by molar-refractivity contribution is 6.30. The van der Waals surface area contributed by atoms with Crippen LogP contribution in [0.25, 0.3) is 22.2 Å². The first-order valence-corrected chi connectivity index (χ1v) is 8.31. The quantitative estimate of drug-likeness (QED) is 0.580. The summed E-state index contributed by atoms with van der Waals surface area (Å²) >= 11 is 5.84. The predicted octanol–water partition coefficient (Wildman–Crippen LogP) is 4.60. The van der Waals surface area contributed by atoms with Crippen LogP contribution in [0.5, 0.6) is 0 Å². The van der Waals surface area contributed by atoms with Gasteiger partial charge in [0.15, 0.2) is 0 Å². The number of hydrogen-bond donors (Lipinski definition) is 1. The van der Waals surface area contributed by atoms with E-state index in [9.17, 15) is 4.79 Å². The minimum Gasteiger partial charge on any atom is -0.307 e. The normalized spacial score (nSPS) is 10.7. The third-order valence-electron chi connectivity index (χ3n) is 3.89. The van der Waals surface area contributed by atoms with Gasteiger partial charge in [0.1, 0.15) is 5.82 Å². The highest BCUT2D eigenvalue weighted by Crippen LogP contribution is 2.25.